The van der Waals surface area contributed by atoms with Crippen molar-refractivity contribution < 1.29 is 18.7 Å². The minimum atomic E-state index is -2.77. The van der Waals surface area contributed by atoms with Crippen LogP contribution in [0.1, 0.15) is 38.3 Å². The molecule has 4 aromatic carbocycles. The van der Waals surface area contributed by atoms with E-state index in [1.165, 1.54) is 10.4 Å². The van der Waals surface area contributed by atoms with Crippen LogP contribution in [-0.2, 0) is 31.9 Å². The number of benzene rings is 4. The summed E-state index contributed by atoms with van der Waals surface area (Å²) in [6, 6.07) is 40.7. The molecule has 1 atom stereocenters. The summed E-state index contributed by atoms with van der Waals surface area (Å²) in [7, 11) is -2.77. The Hall–Kier alpha value is -3.51. The molecule has 0 amide bonds. The first kappa shape index (κ1) is 28.5. The standard InChI is InChI=1S/C34H38O4Si/c1-34(2,3)39(31-20-12-6-13-21-31,32-22-14-7-15-23-32)38-27-30(36-25-28-16-8-4-9-17-28)24-33(35)37-26-29-18-10-5-11-19-29/h4-23,30H,24-27H2,1-3H3/t30-/m1/s1. The van der Waals surface area contributed by atoms with Crippen LogP contribution in [0.25, 0.3) is 0 Å². The van der Waals surface area contributed by atoms with Crippen LogP contribution in [0.5, 0.6) is 0 Å². The van der Waals surface area contributed by atoms with Gasteiger partial charge in [0.1, 0.15) is 6.61 Å². The van der Waals surface area contributed by atoms with Crippen LogP contribution in [0, 0.1) is 0 Å². The van der Waals surface area contributed by atoms with E-state index in [9.17, 15) is 4.79 Å². The Morgan fingerprint density at radius 1 is 0.667 bits per heavy atom. The lowest BCUT2D eigenvalue weighted by Gasteiger charge is -2.43. The van der Waals surface area contributed by atoms with Crippen LogP contribution >= 0.6 is 0 Å². The van der Waals surface area contributed by atoms with Crippen LogP contribution in [0.4, 0.5) is 0 Å². The zero-order valence-electron chi connectivity index (χ0n) is 23.1. The van der Waals surface area contributed by atoms with Gasteiger partial charge < -0.3 is 13.9 Å². The monoisotopic (exact) mass is 538 g/mol. The first-order valence-corrected chi connectivity index (χ1v) is 15.4. The summed E-state index contributed by atoms with van der Waals surface area (Å²) in [6.07, 6.45) is -0.354. The zero-order valence-corrected chi connectivity index (χ0v) is 24.1. The molecule has 0 unspecified atom stereocenters. The Bertz CT molecular complexity index is 1230. The fraction of sp³-hybridized carbons (Fsp3) is 0.265. The SMILES string of the molecule is CC(C)(C)[Si](OC[C@@H](CC(=O)OCc1ccccc1)OCc1ccccc1)(c1ccccc1)c1ccccc1. The predicted molar refractivity (Wildman–Crippen MR) is 159 cm³/mol. The van der Waals surface area contributed by atoms with Gasteiger partial charge in [0.15, 0.2) is 0 Å². The maximum atomic E-state index is 13.0. The third-order valence-corrected chi connectivity index (χ3v) is 11.9. The number of rotatable bonds is 12. The fourth-order valence-electron chi connectivity index (χ4n) is 4.92. The van der Waals surface area contributed by atoms with E-state index in [0.29, 0.717) is 6.61 Å². The molecule has 202 valence electrons. The van der Waals surface area contributed by atoms with Crippen molar-refractivity contribution >= 4 is 24.7 Å². The largest absolute Gasteiger partial charge is 0.461 e. The Labute approximate surface area is 233 Å². The van der Waals surface area contributed by atoms with Gasteiger partial charge in [-0.25, -0.2) is 0 Å². The second-order valence-corrected chi connectivity index (χ2v) is 15.0. The summed E-state index contributed by atoms with van der Waals surface area (Å²) >= 11 is 0. The van der Waals surface area contributed by atoms with Crippen molar-refractivity contribution in [3.8, 4) is 0 Å². The lowest BCUT2D eigenvalue weighted by atomic mass is 10.2. The van der Waals surface area contributed by atoms with Gasteiger partial charge in [0, 0.05) is 0 Å². The first-order chi connectivity index (χ1) is 18.9. The van der Waals surface area contributed by atoms with Gasteiger partial charge >= 0.3 is 5.97 Å². The molecular weight excluding hydrogens is 500 g/mol. The topological polar surface area (TPSA) is 44.8 Å². The molecule has 0 aliphatic rings. The molecule has 0 radical (unpaired) electrons. The van der Waals surface area contributed by atoms with Crippen molar-refractivity contribution in [2.75, 3.05) is 6.61 Å². The molecule has 0 heterocycles. The molecule has 0 bridgehead atoms. The first-order valence-electron chi connectivity index (χ1n) is 13.5. The predicted octanol–water partition coefficient (Wildman–Crippen LogP) is 6.28. The smallest absolute Gasteiger partial charge is 0.308 e. The van der Waals surface area contributed by atoms with Crippen LogP contribution in [0.3, 0.4) is 0 Å². The Balaban J connectivity index is 1.58. The van der Waals surface area contributed by atoms with E-state index in [0.717, 1.165) is 11.1 Å². The van der Waals surface area contributed by atoms with Crippen molar-refractivity contribution in [2.45, 2.75) is 51.5 Å². The second-order valence-electron chi connectivity index (χ2n) is 10.7. The van der Waals surface area contributed by atoms with E-state index >= 15 is 0 Å². The van der Waals surface area contributed by atoms with Crippen molar-refractivity contribution in [1.29, 1.82) is 0 Å². The van der Waals surface area contributed by atoms with Gasteiger partial charge in [-0.15, -0.1) is 0 Å². The average Bonchev–Trinajstić information content (AvgIpc) is 2.96. The van der Waals surface area contributed by atoms with Crippen LogP contribution in [0.2, 0.25) is 5.04 Å². The van der Waals surface area contributed by atoms with Gasteiger partial charge in [-0.05, 0) is 26.5 Å². The van der Waals surface area contributed by atoms with Gasteiger partial charge in [0.25, 0.3) is 8.32 Å². The summed E-state index contributed by atoms with van der Waals surface area (Å²) in [5.41, 5.74) is 2.00. The van der Waals surface area contributed by atoms with E-state index < -0.39 is 14.4 Å². The van der Waals surface area contributed by atoms with Gasteiger partial charge in [0.05, 0.1) is 25.7 Å². The maximum absolute atomic E-state index is 13.0. The fourth-order valence-corrected chi connectivity index (χ4v) is 9.51. The average molecular weight is 539 g/mol. The van der Waals surface area contributed by atoms with Crippen LogP contribution in [-0.4, -0.2) is 27.0 Å². The van der Waals surface area contributed by atoms with Gasteiger partial charge in [0.2, 0.25) is 0 Å². The summed E-state index contributed by atoms with van der Waals surface area (Å²) in [5.74, 6) is -0.303. The van der Waals surface area contributed by atoms with Gasteiger partial charge in [-0.3, -0.25) is 4.79 Å². The normalized spacial score (nSPS) is 12.6. The van der Waals surface area contributed by atoms with Crippen molar-refractivity contribution in [1.82, 2.24) is 0 Å². The Morgan fingerprint density at radius 3 is 1.56 bits per heavy atom. The number of carbonyl (C=O) groups excluding carboxylic acids is 1. The highest BCUT2D eigenvalue weighted by Gasteiger charge is 2.50. The van der Waals surface area contributed by atoms with Crippen molar-refractivity contribution in [3.63, 3.8) is 0 Å². The van der Waals surface area contributed by atoms with E-state index in [2.05, 4.69) is 69.3 Å². The van der Waals surface area contributed by atoms with E-state index in [-0.39, 0.29) is 30.6 Å². The molecule has 0 fully saturated rings. The molecule has 4 nitrogen and oxygen atoms in total. The van der Waals surface area contributed by atoms with Gasteiger partial charge in [-0.2, -0.15) is 0 Å². The van der Waals surface area contributed by atoms with Crippen molar-refractivity contribution in [3.05, 3.63) is 132 Å². The lowest BCUT2D eigenvalue weighted by molar-refractivity contribution is -0.149. The summed E-state index contributed by atoms with van der Waals surface area (Å²) in [5, 5.41) is 2.21. The summed E-state index contributed by atoms with van der Waals surface area (Å²) in [4.78, 5) is 13.0. The Kier molecular flexibility index (Phi) is 9.88. The number of hydrogen-bond acceptors (Lipinski definition) is 4. The molecule has 39 heavy (non-hydrogen) atoms. The van der Waals surface area contributed by atoms with E-state index in [4.69, 9.17) is 13.9 Å². The maximum Gasteiger partial charge on any atom is 0.308 e. The molecule has 0 saturated carbocycles. The molecular formula is C34H38O4Si. The minimum absolute atomic E-state index is 0.109. The summed E-state index contributed by atoms with van der Waals surface area (Å²) in [6.45, 7) is 7.64. The molecule has 4 rings (SSSR count). The van der Waals surface area contributed by atoms with E-state index in [1.807, 2.05) is 72.8 Å². The number of hydrogen-bond donors (Lipinski definition) is 0. The highest BCUT2D eigenvalue weighted by atomic mass is 28.4. The number of carbonyl (C=O) groups is 1. The van der Waals surface area contributed by atoms with Crippen LogP contribution < -0.4 is 10.4 Å². The molecule has 5 heteroatoms. The molecule has 0 N–H and O–H groups in total. The van der Waals surface area contributed by atoms with Crippen LogP contribution in [0.15, 0.2) is 121 Å². The minimum Gasteiger partial charge on any atom is -0.461 e. The van der Waals surface area contributed by atoms with Gasteiger partial charge in [-0.1, -0.05) is 142 Å². The molecule has 0 saturated heterocycles. The van der Waals surface area contributed by atoms with E-state index in [1.54, 1.807) is 0 Å². The highest BCUT2D eigenvalue weighted by Crippen LogP contribution is 2.37. The number of ether oxygens (including phenoxy) is 2. The summed E-state index contributed by atoms with van der Waals surface area (Å²) < 4.78 is 19.0. The van der Waals surface area contributed by atoms with Crippen molar-refractivity contribution in [2.24, 2.45) is 0 Å². The number of esters is 1. The molecule has 0 aliphatic carbocycles. The molecule has 0 aliphatic heterocycles. The zero-order chi connectivity index (χ0) is 27.6. The third kappa shape index (κ3) is 7.54. The Morgan fingerprint density at radius 2 is 1.10 bits per heavy atom. The highest BCUT2D eigenvalue weighted by molar-refractivity contribution is 6.99. The lowest BCUT2D eigenvalue weighted by Crippen LogP contribution is -2.67. The quantitative estimate of drug-likeness (QED) is 0.157. The molecule has 0 aromatic heterocycles. The molecule has 4 aromatic rings. The molecule has 0 spiro atoms. The second kappa shape index (κ2) is 13.5. The third-order valence-electron chi connectivity index (χ3n) is 6.87.